The molecule has 0 saturated carbocycles. The summed E-state index contributed by atoms with van der Waals surface area (Å²) in [6, 6.07) is 2.56. The van der Waals surface area contributed by atoms with Crippen LogP contribution in [0.3, 0.4) is 0 Å². The van der Waals surface area contributed by atoms with Crippen molar-refractivity contribution in [1.29, 1.82) is 0 Å². The van der Waals surface area contributed by atoms with Crippen molar-refractivity contribution in [3.05, 3.63) is 30.2 Å². The van der Waals surface area contributed by atoms with Crippen molar-refractivity contribution in [3.63, 3.8) is 0 Å². The number of rotatable bonds is 4. The summed E-state index contributed by atoms with van der Waals surface area (Å²) in [6.45, 7) is 4.04. The molecule has 8 nitrogen and oxygen atoms in total. The van der Waals surface area contributed by atoms with E-state index in [1.165, 1.54) is 12.3 Å². The summed E-state index contributed by atoms with van der Waals surface area (Å²) in [6.07, 6.45) is 0.343. The van der Waals surface area contributed by atoms with Gasteiger partial charge in [-0.05, 0) is 44.0 Å². The summed E-state index contributed by atoms with van der Waals surface area (Å²) in [5, 5.41) is 8.26. The number of piperidine rings is 1. The molecular formula is C22H26F3N7O. The molecule has 0 spiro atoms. The predicted molar refractivity (Wildman–Crippen MR) is 119 cm³/mol. The Morgan fingerprint density at radius 1 is 1.24 bits per heavy atom. The number of aromatic nitrogens is 4. The highest BCUT2D eigenvalue weighted by Gasteiger charge is 2.33. The van der Waals surface area contributed by atoms with E-state index >= 15 is 0 Å². The van der Waals surface area contributed by atoms with Crippen LogP contribution >= 0.6 is 0 Å². The van der Waals surface area contributed by atoms with E-state index in [9.17, 15) is 13.2 Å². The van der Waals surface area contributed by atoms with E-state index in [4.69, 9.17) is 9.84 Å². The van der Waals surface area contributed by atoms with Crippen molar-refractivity contribution >= 4 is 17.2 Å². The van der Waals surface area contributed by atoms with Gasteiger partial charge in [0.05, 0.1) is 18.4 Å². The standard InChI is InChI=1S/C22H26F3N7O/c1-30-9-10-33-19-18(30)20(31(2)13-14-3-6-26-7-4-14)29-32-16(12-28-21(19)32)15-5-8-27-17(11-15)22(23,24)25/h5,8,11-12,14,26H,3-4,6-7,9-10,13H2,1-2H3. The zero-order valence-electron chi connectivity index (χ0n) is 18.6. The van der Waals surface area contributed by atoms with Gasteiger partial charge in [-0.15, -0.1) is 5.10 Å². The number of hydrogen-bond donors (Lipinski definition) is 1. The second-order valence-electron chi connectivity index (χ2n) is 8.65. The highest BCUT2D eigenvalue weighted by Crippen LogP contribution is 2.42. The lowest BCUT2D eigenvalue weighted by Gasteiger charge is -2.34. The van der Waals surface area contributed by atoms with Crippen molar-refractivity contribution < 1.29 is 17.9 Å². The molecule has 0 aliphatic carbocycles. The van der Waals surface area contributed by atoms with E-state index < -0.39 is 11.9 Å². The summed E-state index contributed by atoms with van der Waals surface area (Å²) in [7, 11) is 3.99. The molecule has 33 heavy (non-hydrogen) atoms. The van der Waals surface area contributed by atoms with Gasteiger partial charge in [0.1, 0.15) is 18.0 Å². The third-order valence-electron chi connectivity index (χ3n) is 6.32. The minimum Gasteiger partial charge on any atom is -0.486 e. The first-order valence-electron chi connectivity index (χ1n) is 11.0. The maximum Gasteiger partial charge on any atom is 0.433 e. The van der Waals surface area contributed by atoms with Crippen LogP contribution in [-0.2, 0) is 6.18 Å². The second-order valence-corrected chi connectivity index (χ2v) is 8.65. The molecule has 3 aromatic rings. The Hall–Kier alpha value is -3.08. The van der Waals surface area contributed by atoms with Crippen LogP contribution in [0.25, 0.3) is 16.9 Å². The fourth-order valence-electron chi connectivity index (χ4n) is 4.56. The molecule has 3 aromatic heterocycles. The Balaban J connectivity index is 1.62. The van der Waals surface area contributed by atoms with Gasteiger partial charge in [0.2, 0.25) is 0 Å². The molecule has 0 unspecified atom stereocenters. The number of anilines is 2. The number of nitrogens with one attached hydrogen (secondary N) is 1. The average Bonchev–Trinajstić information content (AvgIpc) is 3.23. The van der Waals surface area contributed by atoms with E-state index in [0.717, 1.165) is 56.2 Å². The third kappa shape index (κ3) is 4.05. The Bertz CT molecular complexity index is 1160. The quantitative estimate of drug-likeness (QED) is 0.640. The SMILES string of the molecule is CN(CC1CCNCC1)c1nn2c(-c3ccnc(C(F)(F)F)c3)cnc2c2c1N(C)CCO2. The number of alkyl halides is 3. The van der Waals surface area contributed by atoms with E-state index in [2.05, 4.69) is 25.1 Å². The van der Waals surface area contributed by atoms with Gasteiger partial charge in [-0.2, -0.15) is 13.2 Å². The molecule has 176 valence electrons. The molecule has 11 heteroatoms. The van der Waals surface area contributed by atoms with Gasteiger partial charge >= 0.3 is 6.18 Å². The molecule has 0 amide bonds. The fraction of sp³-hybridized carbons (Fsp3) is 0.500. The zero-order valence-corrected chi connectivity index (χ0v) is 18.6. The Morgan fingerprint density at radius 3 is 2.79 bits per heavy atom. The largest absolute Gasteiger partial charge is 0.486 e. The maximum absolute atomic E-state index is 13.2. The molecule has 0 bridgehead atoms. The first-order chi connectivity index (χ1) is 15.8. The lowest BCUT2D eigenvalue weighted by Crippen LogP contribution is -2.37. The number of fused-ring (bicyclic) bond motifs is 3. The first-order valence-corrected chi connectivity index (χ1v) is 11.0. The minimum absolute atomic E-state index is 0.341. The summed E-state index contributed by atoms with van der Waals surface area (Å²) < 4.78 is 47.3. The fourth-order valence-corrected chi connectivity index (χ4v) is 4.56. The van der Waals surface area contributed by atoms with Crippen molar-refractivity contribution in [3.8, 4) is 17.0 Å². The number of imidazole rings is 1. The van der Waals surface area contributed by atoms with Crippen LogP contribution in [0.2, 0.25) is 0 Å². The van der Waals surface area contributed by atoms with Crippen LogP contribution in [0.4, 0.5) is 24.7 Å². The van der Waals surface area contributed by atoms with E-state index in [1.54, 1.807) is 4.52 Å². The highest BCUT2D eigenvalue weighted by molar-refractivity contribution is 5.83. The van der Waals surface area contributed by atoms with Gasteiger partial charge in [-0.1, -0.05) is 0 Å². The lowest BCUT2D eigenvalue weighted by molar-refractivity contribution is -0.141. The van der Waals surface area contributed by atoms with Crippen molar-refractivity contribution in [2.75, 3.05) is 56.7 Å². The van der Waals surface area contributed by atoms with Gasteiger partial charge in [0.25, 0.3) is 0 Å². The van der Waals surface area contributed by atoms with Gasteiger partial charge in [0.15, 0.2) is 17.2 Å². The highest BCUT2D eigenvalue weighted by atomic mass is 19.4. The predicted octanol–water partition coefficient (Wildman–Crippen LogP) is 3.07. The Labute approximate surface area is 189 Å². The molecule has 5 rings (SSSR count). The normalized spacial score (nSPS) is 17.2. The number of ether oxygens (including phenoxy) is 1. The van der Waals surface area contributed by atoms with Crippen molar-refractivity contribution in [2.24, 2.45) is 5.92 Å². The number of nitrogens with zero attached hydrogens (tertiary/aromatic N) is 6. The molecule has 0 atom stereocenters. The molecule has 1 N–H and O–H groups in total. The van der Waals surface area contributed by atoms with Crippen molar-refractivity contribution in [2.45, 2.75) is 19.0 Å². The van der Waals surface area contributed by atoms with Gasteiger partial charge < -0.3 is 19.9 Å². The number of halogens is 3. The molecule has 2 aliphatic heterocycles. The monoisotopic (exact) mass is 461 g/mol. The first kappa shape index (κ1) is 21.7. The van der Waals surface area contributed by atoms with E-state index in [-0.39, 0.29) is 0 Å². The smallest absolute Gasteiger partial charge is 0.433 e. The number of likely N-dealkylation sites (N-methyl/N-ethyl adjacent to an activating group) is 1. The summed E-state index contributed by atoms with van der Waals surface area (Å²) in [5.74, 6) is 1.86. The van der Waals surface area contributed by atoms with Gasteiger partial charge in [0, 0.05) is 32.4 Å². The zero-order chi connectivity index (χ0) is 23.2. The summed E-state index contributed by atoms with van der Waals surface area (Å²) in [4.78, 5) is 12.2. The molecule has 0 radical (unpaired) electrons. The van der Waals surface area contributed by atoms with Crippen LogP contribution in [-0.4, -0.2) is 66.5 Å². The van der Waals surface area contributed by atoms with Crippen LogP contribution in [0.15, 0.2) is 24.5 Å². The molecule has 2 aliphatic rings. The van der Waals surface area contributed by atoms with Crippen molar-refractivity contribution in [1.82, 2.24) is 24.9 Å². The topological polar surface area (TPSA) is 70.8 Å². The van der Waals surface area contributed by atoms with E-state index in [1.807, 2.05) is 14.1 Å². The second kappa shape index (κ2) is 8.36. The Morgan fingerprint density at radius 2 is 2.03 bits per heavy atom. The molecule has 5 heterocycles. The molecular weight excluding hydrogens is 435 g/mol. The van der Waals surface area contributed by atoms with Gasteiger partial charge in [-0.25, -0.2) is 9.50 Å². The van der Waals surface area contributed by atoms with Crippen LogP contribution in [0.5, 0.6) is 5.75 Å². The number of pyridine rings is 1. The van der Waals surface area contributed by atoms with Gasteiger partial charge in [-0.3, -0.25) is 4.98 Å². The maximum atomic E-state index is 13.2. The third-order valence-corrected chi connectivity index (χ3v) is 6.32. The summed E-state index contributed by atoms with van der Waals surface area (Å²) in [5.41, 5.74) is 1.18. The molecule has 0 aromatic carbocycles. The minimum atomic E-state index is -4.53. The Kier molecular flexibility index (Phi) is 5.51. The molecule has 1 saturated heterocycles. The van der Waals surface area contributed by atoms with Crippen LogP contribution in [0, 0.1) is 5.92 Å². The average molecular weight is 461 g/mol. The summed E-state index contributed by atoms with van der Waals surface area (Å²) >= 11 is 0. The van der Waals surface area contributed by atoms with Crippen LogP contribution in [0.1, 0.15) is 18.5 Å². The molecule has 1 fully saturated rings. The van der Waals surface area contributed by atoms with E-state index in [0.29, 0.717) is 41.7 Å². The lowest BCUT2D eigenvalue weighted by atomic mass is 9.97. The van der Waals surface area contributed by atoms with Crippen LogP contribution < -0.4 is 19.9 Å². The number of hydrogen-bond acceptors (Lipinski definition) is 7.